The predicted molar refractivity (Wildman–Crippen MR) is 245 cm³/mol. The number of fused-ring (bicyclic) bond motifs is 5. The van der Waals surface area contributed by atoms with Gasteiger partial charge in [-0.25, -0.2) is 0 Å². The van der Waals surface area contributed by atoms with Crippen molar-refractivity contribution in [3.63, 3.8) is 0 Å². The fourth-order valence-electron chi connectivity index (χ4n) is 8.94. The molecular formula is C54H45N5. The molecule has 0 unspecified atom stereocenters. The minimum Gasteiger partial charge on any atom is -0.309 e. The van der Waals surface area contributed by atoms with Crippen LogP contribution >= 0.6 is 0 Å². The SMILES string of the molecule is CC(C)(C)c1nnc(-c2ccc3c(c2)c2ccccc2n3-c2cccc(CC(C)(C)c3nnc(-c4ccc(-c5ccccc5)cc4)c4ccccc34)c2)c2ccccc12. The quantitative estimate of drug-likeness (QED) is 0.162. The number of para-hydroxylation sites is 1. The lowest BCUT2D eigenvalue weighted by Crippen LogP contribution is -2.23. The molecule has 10 aromatic rings. The van der Waals surface area contributed by atoms with E-state index in [2.05, 4.69) is 203 Å². The summed E-state index contributed by atoms with van der Waals surface area (Å²) in [6, 6.07) is 60.6. The molecule has 10 rings (SSSR count). The Bertz CT molecular complexity index is 3190. The van der Waals surface area contributed by atoms with Gasteiger partial charge in [-0.3, -0.25) is 0 Å². The van der Waals surface area contributed by atoms with Gasteiger partial charge in [-0.15, -0.1) is 10.2 Å². The lowest BCUT2D eigenvalue weighted by Gasteiger charge is -2.26. The van der Waals surface area contributed by atoms with Crippen LogP contribution in [0.2, 0.25) is 0 Å². The van der Waals surface area contributed by atoms with Crippen LogP contribution in [-0.2, 0) is 17.3 Å². The molecule has 0 amide bonds. The average molecular weight is 764 g/mol. The van der Waals surface area contributed by atoms with E-state index in [0.717, 1.165) is 73.1 Å². The third-order valence-electron chi connectivity index (χ3n) is 11.8. The number of hydrogen-bond acceptors (Lipinski definition) is 4. The molecule has 5 nitrogen and oxygen atoms in total. The Labute approximate surface area is 345 Å². The molecule has 0 fully saturated rings. The van der Waals surface area contributed by atoms with Crippen molar-refractivity contribution in [2.45, 2.75) is 51.9 Å². The largest absolute Gasteiger partial charge is 0.309 e. The van der Waals surface area contributed by atoms with Crippen LogP contribution in [0.4, 0.5) is 0 Å². The highest BCUT2D eigenvalue weighted by Gasteiger charge is 2.28. The van der Waals surface area contributed by atoms with Crippen LogP contribution in [0.5, 0.6) is 0 Å². The molecule has 59 heavy (non-hydrogen) atoms. The van der Waals surface area contributed by atoms with E-state index in [1.807, 2.05) is 6.07 Å². The summed E-state index contributed by atoms with van der Waals surface area (Å²) in [4.78, 5) is 0. The molecule has 3 heterocycles. The second kappa shape index (κ2) is 14.1. The van der Waals surface area contributed by atoms with Crippen LogP contribution < -0.4 is 0 Å². The van der Waals surface area contributed by atoms with Gasteiger partial charge >= 0.3 is 0 Å². The Kier molecular flexibility index (Phi) is 8.71. The highest BCUT2D eigenvalue weighted by atomic mass is 15.1. The summed E-state index contributed by atoms with van der Waals surface area (Å²) in [6.07, 6.45) is 0.794. The maximum atomic E-state index is 4.99. The molecule has 0 aliphatic carbocycles. The Morgan fingerprint density at radius 2 is 0.915 bits per heavy atom. The Balaban J connectivity index is 1.01. The minimum absolute atomic E-state index is 0.116. The highest BCUT2D eigenvalue weighted by Crippen LogP contribution is 2.39. The first-order chi connectivity index (χ1) is 28.6. The van der Waals surface area contributed by atoms with Crippen molar-refractivity contribution in [2.24, 2.45) is 0 Å². The molecule has 0 aliphatic rings. The maximum Gasteiger partial charge on any atom is 0.101 e. The fraction of sp³-hybridized carbons (Fsp3) is 0.148. The van der Waals surface area contributed by atoms with Crippen LogP contribution in [0.1, 0.15) is 51.6 Å². The van der Waals surface area contributed by atoms with Crippen molar-refractivity contribution >= 4 is 43.4 Å². The summed E-state index contributed by atoms with van der Waals surface area (Å²) in [6.45, 7) is 11.2. The summed E-state index contributed by atoms with van der Waals surface area (Å²) >= 11 is 0. The molecule has 0 saturated carbocycles. The van der Waals surface area contributed by atoms with Crippen molar-refractivity contribution < 1.29 is 0 Å². The standard InChI is InChI=1S/C54H45N5/c1-53(2,3)51-44-23-11-9-21-42(44)50(56-57-51)39-30-31-48-46(33-39)41-20-13-14-25-47(41)59(48)40-19-15-16-35(32-40)34-54(4,5)52-45-24-12-10-22-43(45)49(55-58-52)38-28-26-37(27-29-38)36-17-7-6-8-18-36/h6-33H,34H2,1-5H3. The van der Waals surface area contributed by atoms with E-state index in [1.165, 1.54) is 33.0 Å². The molecule has 0 saturated heterocycles. The number of hydrogen-bond donors (Lipinski definition) is 0. The zero-order valence-corrected chi connectivity index (χ0v) is 34.1. The minimum atomic E-state index is -0.303. The van der Waals surface area contributed by atoms with Crippen LogP contribution in [0.3, 0.4) is 0 Å². The van der Waals surface area contributed by atoms with E-state index in [4.69, 9.17) is 20.4 Å². The van der Waals surface area contributed by atoms with Gasteiger partial charge in [0.05, 0.1) is 22.4 Å². The zero-order valence-electron chi connectivity index (χ0n) is 34.1. The van der Waals surface area contributed by atoms with Gasteiger partial charge in [0.25, 0.3) is 0 Å². The van der Waals surface area contributed by atoms with E-state index in [9.17, 15) is 0 Å². The second-order valence-electron chi connectivity index (χ2n) is 17.4. The van der Waals surface area contributed by atoms with E-state index in [-0.39, 0.29) is 10.8 Å². The van der Waals surface area contributed by atoms with Gasteiger partial charge < -0.3 is 4.57 Å². The fourth-order valence-corrected chi connectivity index (χ4v) is 8.94. The summed E-state index contributed by atoms with van der Waals surface area (Å²) in [7, 11) is 0. The third-order valence-corrected chi connectivity index (χ3v) is 11.8. The van der Waals surface area contributed by atoms with Crippen molar-refractivity contribution in [1.82, 2.24) is 25.0 Å². The Morgan fingerprint density at radius 1 is 0.390 bits per heavy atom. The van der Waals surface area contributed by atoms with Gasteiger partial charge in [0.15, 0.2) is 0 Å². The van der Waals surface area contributed by atoms with E-state index < -0.39 is 0 Å². The first kappa shape index (κ1) is 36.4. The molecule has 0 radical (unpaired) electrons. The third kappa shape index (κ3) is 6.44. The summed E-state index contributed by atoms with van der Waals surface area (Å²) < 4.78 is 2.39. The van der Waals surface area contributed by atoms with Crippen molar-refractivity contribution in [3.8, 4) is 39.3 Å². The van der Waals surface area contributed by atoms with Gasteiger partial charge in [-0.05, 0) is 53.4 Å². The van der Waals surface area contributed by atoms with E-state index in [1.54, 1.807) is 0 Å². The van der Waals surface area contributed by atoms with Crippen molar-refractivity contribution in [3.05, 3.63) is 187 Å². The summed E-state index contributed by atoms with van der Waals surface area (Å²) in [5.41, 5.74) is 12.6. The predicted octanol–water partition coefficient (Wildman–Crippen LogP) is 13.5. The topological polar surface area (TPSA) is 56.5 Å². The highest BCUT2D eigenvalue weighted by molar-refractivity contribution is 6.11. The first-order valence-corrected chi connectivity index (χ1v) is 20.4. The lowest BCUT2D eigenvalue weighted by atomic mass is 9.80. The van der Waals surface area contributed by atoms with Crippen LogP contribution in [0.25, 0.3) is 82.7 Å². The van der Waals surface area contributed by atoms with Gasteiger partial charge in [-0.1, -0.05) is 174 Å². The van der Waals surface area contributed by atoms with Gasteiger partial charge in [0, 0.05) is 60.0 Å². The molecule has 0 bridgehead atoms. The Hall–Kier alpha value is -6.98. The molecule has 7 aromatic carbocycles. The summed E-state index contributed by atoms with van der Waals surface area (Å²) in [5, 5.41) is 26.5. The lowest BCUT2D eigenvalue weighted by molar-refractivity contribution is 0.504. The maximum absolute atomic E-state index is 4.99. The number of aromatic nitrogens is 5. The zero-order chi connectivity index (χ0) is 40.3. The van der Waals surface area contributed by atoms with E-state index >= 15 is 0 Å². The van der Waals surface area contributed by atoms with Gasteiger partial charge in [-0.2, -0.15) is 10.2 Å². The average Bonchev–Trinajstić information content (AvgIpc) is 3.59. The Morgan fingerprint density at radius 3 is 1.61 bits per heavy atom. The molecule has 0 atom stereocenters. The van der Waals surface area contributed by atoms with Gasteiger partial charge in [0.2, 0.25) is 0 Å². The van der Waals surface area contributed by atoms with E-state index in [0.29, 0.717) is 0 Å². The monoisotopic (exact) mass is 763 g/mol. The second-order valence-corrected chi connectivity index (χ2v) is 17.4. The molecule has 0 aliphatic heterocycles. The number of rotatable bonds is 7. The normalized spacial score (nSPS) is 12.2. The molecule has 5 heteroatoms. The smallest absolute Gasteiger partial charge is 0.101 e. The number of nitrogens with zero attached hydrogens (tertiary/aromatic N) is 5. The molecule has 3 aromatic heterocycles. The summed E-state index contributed by atoms with van der Waals surface area (Å²) in [5.74, 6) is 0. The molecular weight excluding hydrogens is 719 g/mol. The van der Waals surface area contributed by atoms with Crippen LogP contribution in [0.15, 0.2) is 170 Å². The first-order valence-electron chi connectivity index (χ1n) is 20.4. The van der Waals surface area contributed by atoms with Crippen molar-refractivity contribution in [1.29, 1.82) is 0 Å². The van der Waals surface area contributed by atoms with Crippen LogP contribution in [0, 0.1) is 0 Å². The number of benzene rings is 7. The molecule has 286 valence electrons. The molecule has 0 spiro atoms. The molecule has 0 N–H and O–H groups in total. The van der Waals surface area contributed by atoms with Crippen LogP contribution in [-0.4, -0.2) is 25.0 Å². The van der Waals surface area contributed by atoms with Crippen molar-refractivity contribution in [2.75, 3.05) is 0 Å². The van der Waals surface area contributed by atoms with Gasteiger partial charge in [0.1, 0.15) is 11.4 Å².